The van der Waals surface area contributed by atoms with Crippen LogP contribution in [0.5, 0.6) is 11.5 Å². The van der Waals surface area contributed by atoms with Gasteiger partial charge in [0, 0.05) is 22.1 Å². The van der Waals surface area contributed by atoms with E-state index in [0.29, 0.717) is 22.1 Å². The Balaban J connectivity index is 1.03. The number of nitrogens with zero attached hydrogens (tertiary/aromatic N) is 6. The molecule has 62 heavy (non-hydrogen) atoms. The number of hydrogen-bond acceptors (Lipinski definition) is 14. The van der Waals surface area contributed by atoms with Crippen molar-refractivity contribution in [2.45, 2.75) is 37.5 Å². The van der Waals surface area contributed by atoms with Crippen molar-refractivity contribution in [2.75, 3.05) is 10.6 Å². The highest BCUT2D eigenvalue weighted by Crippen LogP contribution is 2.43. The van der Waals surface area contributed by atoms with Gasteiger partial charge in [-0.25, -0.2) is 9.97 Å². The molecule has 2 aromatic heterocycles. The van der Waals surface area contributed by atoms with Crippen LogP contribution in [0.1, 0.15) is 22.3 Å². The van der Waals surface area contributed by atoms with Crippen LogP contribution in [0.4, 0.5) is 34.6 Å². The number of hydrogen-bond donors (Lipinski definition) is 8. The summed E-state index contributed by atoms with van der Waals surface area (Å²) in [6.45, 7) is 7.65. The van der Waals surface area contributed by atoms with E-state index in [1.807, 2.05) is 52.0 Å². The molecule has 0 aliphatic heterocycles. The molecule has 20 nitrogen and oxygen atoms in total. The molecule has 0 atom stereocenters. The first-order chi connectivity index (χ1) is 29.2. The van der Waals surface area contributed by atoms with Gasteiger partial charge in [0.25, 0.3) is 20.2 Å². The Morgan fingerprint density at radius 1 is 0.548 bits per heavy atom. The first-order valence-corrected chi connectivity index (χ1v) is 21.1. The fourth-order valence-corrected chi connectivity index (χ4v) is 7.94. The quantitative estimate of drug-likeness (QED) is 0.0406. The summed E-state index contributed by atoms with van der Waals surface area (Å²) in [7, 11) is -10.00. The molecule has 8 rings (SSSR count). The minimum atomic E-state index is -5.00. The number of carbonyl (C=O) groups is 2. The van der Waals surface area contributed by atoms with Gasteiger partial charge in [-0.05, 0) is 134 Å². The Labute approximate surface area is 350 Å². The van der Waals surface area contributed by atoms with Crippen molar-refractivity contribution >= 4 is 110 Å². The van der Waals surface area contributed by atoms with E-state index >= 15 is 0 Å². The molecular weight excluding hydrogens is 845 g/mol. The van der Waals surface area contributed by atoms with Crippen molar-refractivity contribution in [3.05, 3.63) is 95.1 Å². The van der Waals surface area contributed by atoms with Gasteiger partial charge < -0.3 is 30.8 Å². The Bertz CT molecular complexity index is 3230. The van der Waals surface area contributed by atoms with Crippen molar-refractivity contribution in [2.24, 2.45) is 20.5 Å². The van der Waals surface area contributed by atoms with Crippen molar-refractivity contribution in [1.29, 1.82) is 0 Å². The molecular formula is C40H32N10O10S2. The Morgan fingerprint density at radius 2 is 0.919 bits per heavy atom. The zero-order chi connectivity index (χ0) is 44.4. The maximum atomic E-state index is 13.0. The van der Waals surface area contributed by atoms with Crippen molar-refractivity contribution in [1.82, 2.24) is 19.9 Å². The lowest BCUT2D eigenvalue weighted by atomic mass is 10.1. The number of anilines is 2. The minimum absolute atomic E-state index is 0.00406. The van der Waals surface area contributed by atoms with E-state index in [0.717, 1.165) is 34.4 Å². The molecule has 314 valence electrons. The summed E-state index contributed by atoms with van der Waals surface area (Å²) in [5, 5.41) is 42.8. The lowest BCUT2D eigenvalue weighted by Gasteiger charge is -2.12. The molecule has 22 heteroatoms. The third-order valence-corrected chi connectivity index (χ3v) is 11.8. The van der Waals surface area contributed by atoms with Gasteiger partial charge in [-0.15, -0.1) is 20.5 Å². The molecule has 0 saturated carbocycles. The van der Waals surface area contributed by atoms with Gasteiger partial charge in [0.2, 0.25) is 11.9 Å². The van der Waals surface area contributed by atoms with Crippen LogP contribution in [0.25, 0.3) is 43.6 Å². The van der Waals surface area contributed by atoms with Crippen LogP contribution >= 0.6 is 0 Å². The summed E-state index contributed by atoms with van der Waals surface area (Å²) in [4.78, 5) is 39.0. The Hall–Kier alpha value is -7.66. The zero-order valence-corrected chi connectivity index (χ0v) is 34.3. The first-order valence-electron chi connectivity index (χ1n) is 18.2. The molecule has 0 aliphatic rings. The molecule has 8 aromatic rings. The monoisotopic (exact) mass is 876 g/mol. The number of aromatic hydroxyl groups is 2. The predicted molar refractivity (Wildman–Crippen MR) is 228 cm³/mol. The summed E-state index contributed by atoms with van der Waals surface area (Å²) in [5.41, 5.74) is 5.21. The number of amides is 2. The number of aromatic amines is 2. The number of benzene rings is 6. The first kappa shape index (κ1) is 41.1. The van der Waals surface area contributed by atoms with Gasteiger partial charge in [-0.1, -0.05) is 0 Å². The number of nitrogens with one attached hydrogen (secondary N) is 4. The molecule has 0 spiro atoms. The Kier molecular flexibility index (Phi) is 10.0. The smallest absolute Gasteiger partial charge is 0.314 e. The van der Waals surface area contributed by atoms with E-state index in [2.05, 4.69) is 51.0 Å². The average molecular weight is 877 g/mol. The maximum Gasteiger partial charge on any atom is 0.314 e. The summed E-state index contributed by atoms with van der Waals surface area (Å²) in [6, 6.07) is 17.1. The topological polar surface area (TPSA) is 314 Å². The van der Waals surface area contributed by atoms with E-state index in [1.54, 1.807) is 0 Å². The molecule has 0 bridgehead atoms. The highest BCUT2D eigenvalue weighted by molar-refractivity contribution is 7.86. The molecule has 0 radical (unpaired) electrons. The highest BCUT2D eigenvalue weighted by atomic mass is 32.2. The molecule has 0 fully saturated rings. The van der Waals surface area contributed by atoms with Crippen LogP contribution in [-0.2, 0) is 29.8 Å². The summed E-state index contributed by atoms with van der Waals surface area (Å²) in [5.74, 6) is -3.71. The van der Waals surface area contributed by atoms with Crippen LogP contribution in [0, 0.1) is 27.7 Å². The number of phenolic OH excluding ortho intramolecular Hbond substituents is 2. The number of aryl methyl sites for hydroxylation is 4. The number of carbonyl (C=O) groups excluding carboxylic acids is 2. The lowest BCUT2D eigenvalue weighted by Crippen LogP contribution is -2.29. The molecule has 2 amide bonds. The normalized spacial score (nSPS) is 12.4. The fraction of sp³-hybridized carbons (Fsp3) is 0.100. The van der Waals surface area contributed by atoms with Gasteiger partial charge in [-0.2, -0.15) is 16.8 Å². The van der Waals surface area contributed by atoms with Gasteiger partial charge in [0.15, 0.2) is 11.5 Å². The molecule has 2 heterocycles. The van der Waals surface area contributed by atoms with E-state index in [1.165, 1.54) is 36.4 Å². The van der Waals surface area contributed by atoms with E-state index in [-0.39, 0.29) is 44.8 Å². The molecule has 0 saturated heterocycles. The number of rotatable bonds is 8. The van der Waals surface area contributed by atoms with Crippen LogP contribution in [0.2, 0.25) is 0 Å². The molecule has 6 aromatic carbocycles. The van der Waals surface area contributed by atoms with Crippen LogP contribution in [0.15, 0.2) is 103 Å². The summed E-state index contributed by atoms with van der Waals surface area (Å²) in [6.07, 6.45) is 0. The van der Waals surface area contributed by atoms with Crippen LogP contribution < -0.4 is 10.6 Å². The van der Waals surface area contributed by atoms with Crippen molar-refractivity contribution in [3.8, 4) is 11.5 Å². The number of H-pyrrole nitrogens is 2. The summed E-state index contributed by atoms with van der Waals surface area (Å²) >= 11 is 0. The van der Waals surface area contributed by atoms with Crippen LogP contribution in [-0.4, -0.2) is 67.9 Å². The SMILES string of the molecule is Cc1cc2nc(N=Nc3c(S(=O)(=O)O)cc4cc(NC(=O)C(=O)Nc5ccc6c(O)c(N=Nc7nc8cc(C)c(C)cc8[nH]7)c(S(=O)(=O)O)cc6c5)ccc4c3O)[nH]c2cc1C. The second-order valence-corrected chi connectivity index (χ2v) is 17.1. The largest absolute Gasteiger partial charge is 0.505 e. The number of phenols is 2. The second kappa shape index (κ2) is 15.1. The average Bonchev–Trinajstić information content (AvgIpc) is 3.78. The van der Waals surface area contributed by atoms with Gasteiger partial charge >= 0.3 is 11.8 Å². The van der Waals surface area contributed by atoms with Crippen molar-refractivity contribution < 1.29 is 45.7 Å². The van der Waals surface area contributed by atoms with Crippen molar-refractivity contribution in [3.63, 3.8) is 0 Å². The lowest BCUT2D eigenvalue weighted by molar-refractivity contribution is -0.132. The van der Waals surface area contributed by atoms with E-state index < -0.39 is 64.7 Å². The molecule has 8 N–H and O–H groups in total. The van der Waals surface area contributed by atoms with E-state index in [4.69, 9.17) is 0 Å². The molecule has 0 unspecified atom stereocenters. The highest BCUT2D eigenvalue weighted by Gasteiger charge is 2.25. The summed E-state index contributed by atoms with van der Waals surface area (Å²) < 4.78 is 69.9. The number of aromatic nitrogens is 4. The van der Waals surface area contributed by atoms with Crippen LogP contribution in [0.3, 0.4) is 0 Å². The third-order valence-electron chi connectivity index (χ3n) is 10.0. The van der Waals surface area contributed by atoms with Gasteiger partial charge in [0.05, 0.1) is 22.1 Å². The zero-order valence-electron chi connectivity index (χ0n) is 32.7. The van der Waals surface area contributed by atoms with E-state index in [9.17, 15) is 45.7 Å². The Morgan fingerprint density at radius 3 is 1.29 bits per heavy atom. The van der Waals surface area contributed by atoms with Gasteiger partial charge in [-0.3, -0.25) is 18.7 Å². The standard InChI is InChI=1S/C40H32N10O10S2/c1-17-9-27-28(10-18(17)2)44-39(43-27)49-47-33-31(61(55,56)57)15-21-13-23(5-7-25(21)35(33)51)41-37(53)38(54)42-24-6-8-26-22(14-24)16-32(62(58,59)60)34(36(26)52)48-50-40-45-29-11-19(3)20(4)12-30(29)46-40/h5-16,51-52H,1-4H3,(H,41,53)(H,42,54)(H,43,44)(H,45,46)(H,55,56,57)(H,58,59,60). The number of fused-ring (bicyclic) bond motifs is 4. The molecule has 0 aliphatic carbocycles. The minimum Gasteiger partial charge on any atom is -0.505 e. The number of imidazole rings is 2. The predicted octanol–water partition coefficient (Wildman–Crippen LogP) is 8.29. The maximum absolute atomic E-state index is 13.0. The fourth-order valence-electron chi connectivity index (χ4n) is 6.62. The number of azo groups is 2. The van der Waals surface area contributed by atoms with Gasteiger partial charge in [0.1, 0.15) is 21.2 Å². The second-order valence-electron chi connectivity index (χ2n) is 14.3. The third kappa shape index (κ3) is 7.88.